The zero-order valence-corrected chi connectivity index (χ0v) is 11.7. The van der Waals surface area contributed by atoms with Gasteiger partial charge in [0.25, 0.3) is 0 Å². The molecule has 0 saturated heterocycles. The van der Waals surface area contributed by atoms with Crippen LogP contribution in [0.3, 0.4) is 0 Å². The molecular formula is C14H13FN2O3S. The molecular weight excluding hydrogens is 295 g/mol. The van der Waals surface area contributed by atoms with Crippen LogP contribution in [-0.4, -0.2) is 14.3 Å². The van der Waals surface area contributed by atoms with E-state index < -0.39 is 32.1 Å². The van der Waals surface area contributed by atoms with Gasteiger partial charge in [-0.05, 0) is 11.6 Å². The fourth-order valence-corrected chi connectivity index (χ4v) is 3.52. The molecule has 1 unspecified atom stereocenters. The van der Waals surface area contributed by atoms with Crippen LogP contribution in [0.2, 0.25) is 0 Å². The molecule has 0 aromatic heterocycles. The molecule has 7 heteroatoms. The third kappa shape index (κ3) is 2.30. The first-order valence-electron chi connectivity index (χ1n) is 5.94. The topological polar surface area (TPSA) is 103 Å². The third-order valence-electron chi connectivity index (χ3n) is 3.21. The van der Waals surface area contributed by atoms with Crippen LogP contribution >= 0.6 is 0 Å². The zero-order chi connectivity index (χ0) is 15.7. The Morgan fingerprint density at radius 1 is 1.00 bits per heavy atom. The number of hydrogen-bond donors (Lipinski definition) is 2. The average molecular weight is 308 g/mol. The van der Waals surface area contributed by atoms with Gasteiger partial charge in [-0.2, -0.15) is 0 Å². The van der Waals surface area contributed by atoms with E-state index in [2.05, 4.69) is 0 Å². The second-order valence-corrected chi connectivity index (χ2v) is 6.14. The number of amides is 1. The van der Waals surface area contributed by atoms with Crippen molar-refractivity contribution in [1.82, 2.24) is 0 Å². The van der Waals surface area contributed by atoms with Crippen molar-refractivity contribution in [1.29, 1.82) is 0 Å². The van der Waals surface area contributed by atoms with E-state index >= 15 is 0 Å². The van der Waals surface area contributed by atoms with Crippen LogP contribution < -0.4 is 10.9 Å². The number of primary amides is 1. The van der Waals surface area contributed by atoms with Crippen molar-refractivity contribution in [2.45, 2.75) is 4.75 Å². The maximum atomic E-state index is 14.1. The minimum Gasteiger partial charge on any atom is -0.368 e. The number of rotatable bonds is 4. The quantitative estimate of drug-likeness (QED) is 0.874. The Hall–Kier alpha value is -2.25. The molecule has 0 fully saturated rings. The van der Waals surface area contributed by atoms with E-state index in [-0.39, 0.29) is 5.56 Å². The molecule has 0 aliphatic rings. The van der Waals surface area contributed by atoms with Gasteiger partial charge in [0.15, 0.2) is 0 Å². The molecule has 1 atom stereocenters. The minimum absolute atomic E-state index is 0.00917. The van der Waals surface area contributed by atoms with Gasteiger partial charge in [0.1, 0.15) is 5.82 Å². The first kappa shape index (κ1) is 15.1. The lowest BCUT2D eigenvalue weighted by molar-refractivity contribution is -0.119. The summed E-state index contributed by atoms with van der Waals surface area (Å²) in [6, 6.07) is 12.4. The van der Waals surface area contributed by atoms with Gasteiger partial charge >= 0.3 is 0 Å². The summed E-state index contributed by atoms with van der Waals surface area (Å²) in [6.07, 6.45) is 0. The van der Waals surface area contributed by atoms with E-state index in [1.54, 1.807) is 6.07 Å². The smallest absolute Gasteiger partial charge is 0.249 e. The summed E-state index contributed by atoms with van der Waals surface area (Å²) in [5, 5.41) is 5.25. The maximum absolute atomic E-state index is 14.1. The normalized spacial score (nSPS) is 14.4. The molecule has 2 aromatic rings. The van der Waals surface area contributed by atoms with Crippen molar-refractivity contribution in [3.8, 4) is 0 Å². The summed E-state index contributed by atoms with van der Waals surface area (Å²) in [5.74, 6) is -2.14. The summed E-state index contributed by atoms with van der Waals surface area (Å²) in [4.78, 5) is 12.0. The molecule has 21 heavy (non-hydrogen) atoms. The fourth-order valence-electron chi connectivity index (χ4n) is 2.31. The van der Waals surface area contributed by atoms with Crippen molar-refractivity contribution in [3.05, 3.63) is 71.5 Å². The largest absolute Gasteiger partial charge is 0.368 e. The van der Waals surface area contributed by atoms with Crippen molar-refractivity contribution in [2.75, 3.05) is 0 Å². The van der Waals surface area contributed by atoms with E-state index in [1.807, 2.05) is 0 Å². The van der Waals surface area contributed by atoms with Crippen LogP contribution in [0.15, 0.2) is 54.6 Å². The van der Waals surface area contributed by atoms with E-state index in [0.29, 0.717) is 0 Å². The molecule has 1 amide bonds. The van der Waals surface area contributed by atoms with E-state index in [1.165, 1.54) is 42.5 Å². The van der Waals surface area contributed by atoms with Crippen molar-refractivity contribution in [2.24, 2.45) is 10.9 Å². The summed E-state index contributed by atoms with van der Waals surface area (Å²) in [7, 11) is -4.57. The van der Waals surface area contributed by atoms with Gasteiger partial charge in [-0.15, -0.1) is 0 Å². The fraction of sp³-hybridized carbons (Fsp3) is 0.0714. The van der Waals surface area contributed by atoms with Gasteiger partial charge in [-0.1, -0.05) is 48.5 Å². The molecule has 0 aliphatic heterocycles. The van der Waals surface area contributed by atoms with Crippen LogP contribution in [0.4, 0.5) is 4.39 Å². The Morgan fingerprint density at radius 3 is 2.00 bits per heavy atom. The third-order valence-corrected chi connectivity index (χ3v) is 4.72. The highest BCUT2D eigenvalue weighted by Crippen LogP contribution is 2.37. The second-order valence-electron chi connectivity index (χ2n) is 4.44. The Labute approximate surface area is 121 Å². The zero-order valence-electron chi connectivity index (χ0n) is 10.9. The first-order chi connectivity index (χ1) is 9.81. The average Bonchev–Trinajstić information content (AvgIpc) is 2.41. The molecule has 0 saturated carbocycles. The molecule has 4 N–H and O–H groups in total. The lowest BCUT2D eigenvalue weighted by Crippen LogP contribution is -2.52. The minimum atomic E-state index is -4.57. The maximum Gasteiger partial charge on any atom is 0.249 e. The van der Waals surface area contributed by atoms with Gasteiger partial charge in [0.05, 0.1) is 0 Å². The molecule has 5 nitrogen and oxygen atoms in total. The summed E-state index contributed by atoms with van der Waals surface area (Å²) < 4.78 is 36.0. The highest BCUT2D eigenvalue weighted by Gasteiger charge is 2.52. The highest BCUT2D eigenvalue weighted by atomic mass is 32.2. The number of carbonyl (C=O) groups is 1. The number of sulfonamides is 1. The monoisotopic (exact) mass is 308 g/mol. The predicted octanol–water partition coefficient (Wildman–Crippen LogP) is 0.843. The number of halogens is 1. The SMILES string of the molecule is NC(=O)C(c1ccccc1)(c1ccccc1F)S(N)(=O)=O. The van der Waals surface area contributed by atoms with Crippen LogP contribution in [-0.2, 0) is 19.6 Å². The Kier molecular flexibility index (Phi) is 3.80. The van der Waals surface area contributed by atoms with Crippen molar-refractivity contribution < 1.29 is 17.6 Å². The molecule has 2 aromatic carbocycles. The standard InChI is InChI=1S/C14H13FN2O3S/c15-12-9-5-4-8-11(12)14(13(16)18,21(17,19)20)10-6-2-1-3-7-10/h1-9H,(H2,16,18)(H2,17,19,20). The molecule has 0 aliphatic carbocycles. The summed E-state index contributed by atoms with van der Waals surface area (Å²) in [6.45, 7) is 0. The number of carbonyl (C=O) groups excluding carboxylic acids is 1. The molecule has 0 radical (unpaired) electrons. The Balaban J connectivity index is 2.96. The lowest BCUT2D eigenvalue weighted by atomic mass is 9.89. The van der Waals surface area contributed by atoms with E-state index in [0.717, 1.165) is 6.07 Å². The van der Waals surface area contributed by atoms with Gasteiger partial charge in [0.2, 0.25) is 20.7 Å². The van der Waals surface area contributed by atoms with Crippen LogP contribution in [0.1, 0.15) is 11.1 Å². The number of primary sulfonamides is 1. The lowest BCUT2D eigenvalue weighted by Gasteiger charge is -2.29. The molecule has 0 bridgehead atoms. The van der Waals surface area contributed by atoms with Crippen LogP contribution in [0.25, 0.3) is 0 Å². The van der Waals surface area contributed by atoms with Crippen LogP contribution in [0, 0.1) is 5.82 Å². The number of nitrogens with two attached hydrogens (primary N) is 2. The van der Waals surface area contributed by atoms with E-state index in [4.69, 9.17) is 10.9 Å². The van der Waals surface area contributed by atoms with Crippen molar-refractivity contribution in [3.63, 3.8) is 0 Å². The van der Waals surface area contributed by atoms with Gasteiger partial charge in [-0.25, -0.2) is 17.9 Å². The second kappa shape index (κ2) is 5.27. The Morgan fingerprint density at radius 2 is 1.52 bits per heavy atom. The van der Waals surface area contributed by atoms with Crippen LogP contribution in [0.5, 0.6) is 0 Å². The van der Waals surface area contributed by atoms with Gasteiger partial charge in [-0.3, -0.25) is 4.79 Å². The van der Waals surface area contributed by atoms with Gasteiger partial charge < -0.3 is 5.73 Å². The summed E-state index contributed by atoms with van der Waals surface area (Å²) >= 11 is 0. The number of hydrogen-bond acceptors (Lipinski definition) is 3. The molecule has 0 spiro atoms. The number of benzene rings is 2. The van der Waals surface area contributed by atoms with Crippen molar-refractivity contribution >= 4 is 15.9 Å². The Bertz CT molecular complexity index is 778. The predicted molar refractivity (Wildman–Crippen MR) is 75.9 cm³/mol. The summed E-state index contributed by atoms with van der Waals surface area (Å²) in [5.41, 5.74) is 4.92. The molecule has 0 heterocycles. The first-order valence-corrected chi connectivity index (χ1v) is 7.49. The van der Waals surface area contributed by atoms with E-state index in [9.17, 15) is 17.6 Å². The molecule has 2 rings (SSSR count). The van der Waals surface area contributed by atoms with Gasteiger partial charge in [0, 0.05) is 5.56 Å². The highest BCUT2D eigenvalue weighted by molar-refractivity contribution is 7.91. The molecule has 110 valence electrons.